The van der Waals surface area contributed by atoms with Crippen LogP contribution in [0.2, 0.25) is 0 Å². The van der Waals surface area contributed by atoms with Crippen molar-refractivity contribution in [2.75, 3.05) is 25.4 Å². The molecular weight excluding hydrogens is 246 g/mol. The van der Waals surface area contributed by atoms with Crippen molar-refractivity contribution in [3.05, 3.63) is 11.4 Å². The molecule has 0 unspecified atom stereocenters. The van der Waals surface area contributed by atoms with Crippen LogP contribution in [0.25, 0.3) is 0 Å². The van der Waals surface area contributed by atoms with Crippen LogP contribution in [-0.2, 0) is 11.2 Å². The van der Waals surface area contributed by atoms with E-state index in [2.05, 4.69) is 15.5 Å². The van der Waals surface area contributed by atoms with Gasteiger partial charge in [0.2, 0.25) is 5.91 Å². The average molecular weight is 267 g/mol. The fraction of sp³-hybridized carbons (Fsp3) is 0.583. The molecule has 1 heterocycles. The topological polar surface area (TPSA) is 104 Å². The molecule has 1 rings (SSSR count). The van der Waals surface area contributed by atoms with E-state index in [-0.39, 0.29) is 24.1 Å². The maximum absolute atomic E-state index is 12.2. The zero-order chi connectivity index (χ0) is 14.4. The number of aromatic amines is 1. The molecule has 106 valence electrons. The largest absolute Gasteiger partial charge is 0.395 e. The molecule has 0 aliphatic carbocycles. The summed E-state index contributed by atoms with van der Waals surface area (Å²) < 4.78 is 0. The number of aryl methyl sites for hydroxylation is 1. The Kier molecular flexibility index (Phi) is 5.35. The van der Waals surface area contributed by atoms with Gasteiger partial charge in [-0.2, -0.15) is 5.10 Å². The number of nitrogens with one attached hydrogen (secondary N) is 2. The number of hydrogen-bond acceptors (Lipinski definition) is 4. The van der Waals surface area contributed by atoms with Crippen LogP contribution < -0.4 is 11.1 Å². The third kappa shape index (κ3) is 3.46. The number of hydrogen-bond donors (Lipinski definition) is 3. The van der Waals surface area contributed by atoms with Crippen LogP contribution in [0, 0.1) is 0 Å². The first-order valence-electron chi connectivity index (χ1n) is 6.43. The van der Waals surface area contributed by atoms with Gasteiger partial charge in [-0.1, -0.05) is 6.92 Å². The lowest BCUT2D eigenvalue weighted by Gasteiger charge is -2.19. The van der Waals surface area contributed by atoms with Crippen LogP contribution in [0.4, 0.5) is 5.69 Å². The maximum Gasteiger partial charge on any atom is 0.276 e. The predicted molar refractivity (Wildman–Crippen MR) is 72.6 cm³/mol. The van der Waals surface area contributed by atoms with E-state index in [4.69, 9.17) is 5.73 Å². The van der Waals surface area contributed by atoms with Crippen LogP contribution in [0.15, 0.2) is 0 Å². The molecule has 0 saturated carbocycles. The predicted octanol–water partition coefficient (Wildman–Crippen LogP) is 0.153. The zero-order valence-corrected chi connectivity index (χ0v) is 11.6. The van der Waals surface area contributed by atoms with Crippen molar-refractivity contribution >= 4 is 17.5 Å². The van der Waals surface area contributed by atoms with Gasteiger partial charge in [-0.05, 0) is 20.3 Å². The summed E-state index contributed by atoms with van der Waals surface area (Å²) in [5.74, 6) is -0.523. The molecule has 0 bridgehead atoms. The van der Waals surface area contributed by atoms with Crippen LogP contribution in [0.1, 0.15) is 37.0 Å². The molecule has 0 atom stereocenters. The summed E-state index contributed by atoms with van der Waals surface area (Å²) in [4.78, 5) is 25.2. The Morgan fingerprint density at radius 2 is 2.05 bits per heavy atom. The van der Waals surface area contributed by atoms with E-state index in [0.717, 1.165) is 5.69 Å². The van der Waals surface area contributed by atoms with E-state index < -0.39 is 0 Å². The van der Waals surface area contributed by atoms with Gasteiger partial charge in [0, 0.05) is 13.1 Å². The molecule has 2 amide bonds. The highest BCUT2D eigenvalue weighted by molar-refractivity contribution is 5.99. The Hall–Kier alpha value is -2.05. The summed E-state index contributed by atoms with van der Waals surface area (Å²) in [6, 6.07) is 0. The highest BCUT2D eigenvalue weighted by Crippen LogP contribution is 2.16. The van der Waals surface area contributed by atoms with Gasteiger partial charge in [0.25, 0.3) is 5.91 Å². The van der Waals surface area contributed by atoms with Crippen molar-refractivity contribution in [2.24, 2.45) is 0 Å². The lowest BCUT2D eigenvalue weighted by Crippen LogP contribution is -2.40. The van der Waals surface area contributed by atoms with Crippen molar-refractivity contribution in [1.82, 2.24) is 20.4 Å². The Morgan fingerprint density at radius 3 is 2.53 bits per heavy atom. The molecule has 0 spiro atoms. The lowest BCUT2D eigenvalue weighted by molar-refractivity contribution is -0.121. The van der Waals surface area contributed by atoms with E-state index in [0.29, 0.717) is 25.2 Å². The summed E-state index contributed by atoms with van der Waals surface area (Å²) in [6.45, 7) is 6.52. The number of carbonyl (C=O) groups excluding carboxylic acids is 2. The van der Waals surface area contributed by atoms with Gasteiger partial charge in [-0.3, -0.25) is 14.7 Å². The third-order valence-electron chi connectivity index (χ3n) is 2.82. The molecule has 0 aliphatic rings. The fourth-order valence-electron chi connectivity index (χ4n) is 1.72. The Bertz CT molecular complexity index is 455. The molecule has 19 heavy (non-hydrogen) atoms. The van der Waals surface area contributed by atoms with E-state index in [1.165, 1.54) is 4.90 Å². The van der Waals surface area contributed by atoms with Crippen molar-refractivity contribution in [3.8, 4) is 0 Å². The third-order valence-corrected chi connectivity index (χ3v) is 2.82. The van der Waals surface area contributed by atoms with Crippen molar-refractivity contribution < 1.29 is 9.59 Å². The minimum absolute atomic E-state index is 0.0108. The molecule has 0 aromatic carbocycles. The van der Waals surface area contributed by atoms with Gasteiger partial charge in [0.15, 0.2) is 5.69 Å². The molecule has 7 heteroatoms. The quantitative estimate of drug-likeness (QED) is 0.682. The zero-order valence-electron chi connectivity index (χ0n) is 11.6. The highest BCUT2D eigenvalue weighted by atomic mass is 16.2. The van der Waals surface area contributed by atoms with Crippen molar-refractivity contribution in [2.45, 2.75) is 27.2 Å². The number of aromatic nitrogens is 2. The second-order valence-electron chi connectivity index (χ2n) is 4.09. The minimum Gasteiger partial charge on any atom is -0.395 e. The summed E-state index contributed by atoms with van der Waals surface area (Å²) in [5, 5.41) is 9.33. The highest BCUT2D eigenvalue weighted by Gasteiger charge is 2.23. The second-order valence-corrected chi connectivity index (χ2v) is 4.09. The molecular formula is C12H21N5O2. The fourth-order valence-corrected chi connectivity index (χ4v) is 1.72. The first-order valence-corrected chi connectivity index (χ1v) is 6.43. The Balaban J connectivity index is 2.83. The molecule has 0 fully saturated rings. The SMILES string of the molecule is CCNC(=O)CN(CC)C(=O)c1n[nH]c(CC)c1N. The van der Waals surface area contributed by atoms with E-state index in [9.17, 15) is 9.59 Å². The Morgan fingerprint density at radius 1 is 1.37 bits per heavy atom. The number of likely N-dealkylation sites (N-methyl/N-ethyl adjacent to an activating group) is 2. The van der Waals surface area contributed by atoms with Gasteiger partial charge in [-0.25, -0.2) is 0 Å². The molecule has 1 aromatic rings. The summed E-state index contributed by atoms with van der Waals surface area (Å²) in [7, 11) is 0. The summed E-state index contributed by atoms with van der Waals surface area (Å²) in [5.41, 5.74) is 7.13. The average Bonchev–Trinajstić information content (AvgIpc) is 2.76. The van der Waals surface area contributed by atoms with Crippen LogP contribution >= 0.6 is 0 Å². The van der Waals surface area contributed by atoms with Crippen molar-refractivity contribution in [1.29, 1.82) is 0 Å². The van der Waals surface area contributed by atoms with E-state index in [1.54, 1.807) is 6.92 Å². The first kappa shape index (κ1) is 15.0. The number of nitrogens with two attached hydrogens (primary N) is 1. The van der Waals surface area contributed by atoms with Crippen LogP contribution in [-0.4, -0.2) is 46.5 Å². The molecule has 4 N–H and O–H groups in total. The smallest absolute Gasteiger partial charge is 0.276 e. The molecule has 7 nitrogen and oxygen atoms in total. The Labute approximate surface area is 112 Å². The summed E-state index contributed by atoms with van der Waals surface area (Å²) >= 11 is 0. The standard InChI is InChI=1S/C12H21N5O2/c1-4-8-10(13)11(16-15-8)12(19)17(6-3)7-9(18)14-5-2/h4-7,13H2,1-3H3,(H,14,18)(H,15,16). The van der Waals surface area contributed by atoms with Gasteiger partial charge in [-0.15, -0.1) is 0 Å². The normalized spacial score (nSPS) is 10.3. The van der Waals surface area contributed by atoms with Gasteiger partial charge in [0.1, 0.15) is 0 Å². The molecule has 0 aliphatic heterocycles. The van der Waals surface area contributed by atoms with Gasteiger partial charge in [0.05, 0.1) is 17.9 Å². The monoisotopic (exact) mass is 267 g/mol. The number of anilines is 1. The summed E-state index contributed by atoms with van der Waals surface area (Å²) in [6.07, 6.45) is 0.675. The van der Waals surface area contributed by atoms with Crippen LogP contribution in [0.5, 0.6) is 0 Å². The maximum atomic E-state index is 12.2. The number of rotatable bonds is 6. The number of nitrogens with zero attached hydrogens (tertiary/aromatic N) is 2. The first-order chi connectivity index (χ1) is 9.04. The van der Waals surface area contributed by atoms with E-state index in [1.807, 2.05) is 13.8 Å². The number of H-pyrrole nitrogens is 1. The number of nitrogen functional groups attached to an aromatic ring is 1. The molecule has 1 aromatic heterocycles. The number of carbonyl (C=O) groups is 2. The molecule has 0 saturated heterocycles. The van der Waals surface area contributed by atoms with E-state index >= 15 is 0 Å². The number of amides is 2. The van der Waals surface area contributed by atoms with Gasteiger partial charge >= 0.3 is 0 Å². The van der Waals surface area contributed by atoms with Gasteiger partial charge < -0.3 is 16.0 Å². The molecule has 0 radical (unpaired) electrons. The van der Waals surface area contributed by atoms with Crippen molar-refractivity contribution in [3.63, 3.8) is 0 Å². The lowest BCUT2D eigenvalue weighted by atomic mass is 10.2. The second kappa shape index (κ2) is 6.77. The van der Waals surface area contributed by atoms with Crippen LogP contribution in [0.3, 0.4) is 0 Å². The minimum atomic E-state index is -0.331.